The number of aromatic nitrogens is 3. The Hall–Kier alpha value is -3.22. The molecule has 1 radical (unpaired) electrons. The summed E-state index contributed by atoms with van der Waals surface area (Å²) in [5.74, 6) is 0.724. The lowest BCUT2D eigenvalue weighted by Crippen LogP contribution is -2.43. The molecular formula is C26H29N6. The molecule has 4 aromatic rings. The van der Waals surface area contributed by atoms with E-state index in [9.17, 15) is 0 Å². The summed E-state index contributed by atoms with van der Waals surface area (Å²) in [6.07, 6.45) is 1.59. The normalized spacial score (nSPS) is 16.3. The van der Waals surface area contributed by atoms with Gasteiger partial charge < -0.3 is 9.88 Å². The number of hydrogen-bond acceptors (Lipinski definition) is 4. The molecule has 1 saturated heterocycles. The minimum absolute atomic E-state index is 0.0274. The summed E-state index contributed by atoms with van der Waals surface area (Å²) in [5, 5.41) is 5.84. The van der Waals surface area contributed by atoms with Crippen LogP contribution in [-0.2, 0) is 6.54 Å². The van der Waals surface area contributed by atoms with Crippen molar-refractivity contribution < 1.29 is 0 Å². The maximum absolute atomic E-state index is 4.88. The van der Waals surface area contributed by atoms with Crippen LogP contribution in [0.5, 0.6) is 0 Å². The summed E-state index contributed by atoms with van der Waals surface area (Å²) < 4.78 is 0. The lowest BCUT2D eigenvalue weighted by Gasteiger charge is -2.32. The van der Waals surface area contributed by atoms with Gasteiger partial charge in [0.25, 0.3) is 0 Å². The lowest BCUT2D eigenvalue weighted by atomic mass is 10.1. The van der Waals surface area contributed by atoms with Crippen LogP contribution >= 0.6 is 0 Å². The smallest absolute Gasteiger partial charge is 0.160 e. The van der Waals surface area contributed by atoms with Crippen molar-refractivity contribution in [1.82, 2.24) is 30.1 Å². The second-order valence-electron chi connectivity index (χ2n) is 8.64. The molecule has 0 aliphatic carbocycles. The topological polar surface area (TPSA) is 62.2 Å². The van der Waals surface area contributed by atoms with Gasteiger partial charge in [-0.25, -0.2) is 9.97 Å². The van der Waals surface area contributed by atoms with Gasteiger partial charge in [0.05, 0.1) is 11.4 Å². The number of aromatic amines is 1. The van der Waals surface area contributed by atoms with E-state index in [1.54, 1.807) is 6.33 Å². The van der Waals surface area contributed by atoms with E-state index >= 15 is 0 Å². The van der Waals surface area contributed by atoms with Gasteiger partial charge in [-0.3, -0.25) is 10.2 Å². The van der Waals surface area contributed by atoms with E-state index in [0.717, 1.165) is 60.8 Å². The highest BCUT2D eigenvalue weighted by molar-refractivity contribution is 5.90. The Morgan fingerprint density at radius 1 is 0.969 bits per heavy atom. The zero-order valence-electron chi connectivity index (χ0n) is 18.7. The number of benzene rings is 2. The van der Waals surface area contributed by atoms with Gasteiger partial charge in [-0.1, -0.05) is 48.5 Å². The van der Waals surface area contributed by atoms with Gasteiger partial charge in [-0.05, 0) is 42.8 Å². The molecule has 0 amide bonds. The van der Waals surface area contributed by atoms with Crippen molar-refractivity contribution in [2.24, 2.45) is 0 Å². The van der Waals surface area contributed by atoms with Crippen LogP contribution in [0, 0.1) is 0 Å². The van der Waals surface area contributed by atoms with Crippen LogP contribution in [0.3, 0.4) is 0 Å². The van der Waals surface area contributed by atoms with Crippen molar-refractivity contribution in [1.29, 1.82) is 0 Å². The summed E-state index contributed by atoms with van der Waals surface area (Å²) in [5.41, 5.74) is 5.53. The molecule has 1 aliphatic heterocycles. The first kappa shape index (κ1) is 20.7. The van der Waals surface area contributed by atoms with E-state index in [1.807, 2.05) is 18.2 Å². The zero-order valence-corrected chi connectivity index (χ0v) is 18.7. The summed E-state index contributed by atoms with van der Waals surface area (Å²) in [6, 6.07) is 21.2. The Labute approximate surface area is 189 Å². The summed E-state index contributed by atoms with van der Waals surface area (Å²) in [6.45, 7) is 7.58. The maximum Gasteiger partial charge on any atom is 0.160 e. The third-order valence-electron chi connectivity index (χ3n) is 6.24. The Kier molecular flexibility index (Phi) is 5.88. The van der Waals surface area contributed by atoms with Crippen molar-refractivity contribution in [3.05, 3.63) is 78.1 Å². The van der Waals surface area contributed by atoms with Gasteiger partial charge >= 0.3 is 0 Å². The first-order chi connectivity index (χ1) is 15.7. The summed E-state index contributed by atoms with van der Waals surface area (Å²) in [7, 11) is 2.19. The molecular weight excluding hydrogens is 396 g/mol. The number of piperazine rings is 1. The third kappa shape index (κ3) is 4.52. The molecule has 1 fully saturated rings. The first-order valence-electron chi connectivity index (χ1n) is 11.3. The van der Waals surface area contributed by atoms with Crippen LogP contribution < -0.4 is 5.32 Å². The fraction of sp³-hybridized carbons (Fsp3) is 0.308. The van der Waals surface area contributed by atoms with Crippen LogP contribution in [0.2, 0.25) is 0 Å². The molecule has 1 atom stereocenters. The molecule has 3 heterocycles. The van der Waals surface area contributed by atoms with E-state index in [-0.39, 0.29) is 6.04 Å². The Morgan fingerprint density at radius 2 is 1.78 bits per heavy atom. The molecule has 32 heavy (non-hydrogen) atoms. The molecule has 6 nitrogen and oxygen atoms in total. The number of rotatable bonds is 6. The number of nitrogens with one attached hydrogen (secondary N) is 1. The molecule has 2 aromatic heterocycles. The quantitative estimate of drug-likeness (QED) is 0.498. The molecule has 1 aliphatic rings. The number of likely N-dealkylation sites (N-methyl/N-ethyl adjacent to an activating group) is 1. The Bertz CT molecular complexity index is 1180. The molecule has 0 unspecified atom stereocenters. The van der Waals surface area contributed by atoms with Crippen molar-refractivity contribution in [3.63, 3.8) is 0 Å². The highest BCUT2D eigenvalue weighted by atomic mass is 15.2. The maximum atomic E-state index is 4.88. The monoisotopic (exact) mass is 425 g/mol. The van der Waals surface area contributed by atoms with E-state index in [2.05, 4.69) is 81.2 Å². The van der Waals surface area contributed by atoms with Gasteiger partial charge in [0.1, 0.15) is 12.0 Å². The van der Waals surface area contributed by atoms with Crippen molar-refractivity contribution in [2.75, 3.05) is 33.2 Å². The highest BCUT2D eigenvalue weighted by Crippen LogP contribution is 2.29. The predicted molar refractivity (Wildman–Crippen MR) is 129 cm³/mol. The summed E-state index contributed by atoms with van der Waals surface area (Å²) in [4.78, 5) is 17.3. The molecule has 0 spiro atoms. The second-order valence-corrected chi connectivity index (χ2v) is 8.64. The van der Waals surface area contributed by atoms with Gasteiger partial charge in [0.2, 0.25) is 0 Å². The molecule has 1 N–H and O–H groups in total. The Morgan fingerprint density at radius 3 is 2.59 bits per heavy atom. The number of fused-ring (bicyclic) bond motifs is 1. The van der Waals surface area contributed by atoms with Gasteiger partial charge in [0.15, 0.2) is 5.82 Å². The van der Waals surface area contributed by atoms with Gasteiger partial charge in [-0.2, -0.15) is 0 Å². The highest BCUT2D eigenvalue weighted by Gasteiger charge is 2.16. The van der Waals surface area contributed by atoms with Crippen LogP contribution in [0.4, 0.5) is 5.82 Å². The van der Waals surface area contributed by atoms with Crippen LogP contribution in [0.15, 0.2) is 67.0 Å². The number of nitrogens with zero attached hydrogens (tertiary/aromatic N) is 5. The largest absolute Gasteiger partial charge is 0.339 e. The van der Waals surface area contributed by atoms with E-state index in [0.29, 0.717) is 0 Å². The molecule has 5 rings (SSSR count). The molecule has 2 aromatic carbocycles. The minimum Gasteiger partial charge on any atom is -0.339 e. The first-order valence-corrected chi connectivity index (χ1v) is 11.3. The Balaban J connectivity index is 1.38. The standard InChI is InChI=1S/C26H29N6/c1-19(21-8-4-3-5-9-21)29-25-23-16-24(30-26(23)28-18-27-25)22-10-6-7-20(15-22)17-32-13-11-31(2)12-14-32/h3-10,15-16,18-19H,11-14,17H2,1-2H3,(H,27,28,30)/t19-/m1/s1. The van der Waals surface area contributed by atoms with Crippen molar-refractivity contribution >= 4 is 16.9 Å². The van der Waals surface area contributed by atoms with Gasteiger partial charge in [-0.15, -0.1) is 0 Å². The number of H-pyrrole nitrogens is 1. The third-order valence-corrected chi connectivity index (χ3v) is 6.24. The zero-order chi connectivity index (χ0) is 21.9. The van der Waals surface area contributed by atoms with Crippen molar-refractivity contribution in [3.8, 4) is 11.3 Å². The molecule has 0 saturated carbocycles. The number of hydrogen-bond donors (Lipinski definition) is 1. The van der Waals surface area contributed by atoms with E-state index in [1.165, 1.54) is 11.1 Å². The average molecular weight is 426 g/mol. The molecule has 6 heteroatoms. The van der Waals surface area contributed by atoms with Crippen LogP contribution in [0.1, 0.15) is 24.1 Å². The molecule has 163 valence electrons. The fourth-order valence-corrected chi connectivity index (χ4v) is 4.28. The van der Waals surface area contributed by atoms with Crippen LogP contribution in [0.25, 0.3) is 22.3 Å². The van der Waals surface area contributed by atoms with E-state index < -0.39 is 0 Å². The SMILES string of the molecule is C[C@@H]([N]c1ncnc2[nH]c(-c3cccc(CN4CCN(C)CC4)c3)cc12)c1ccccc1. The second kappa shape index (κ2) is 9.10. The van der Waals surface area contributed by atoms with Crippen LogP contribution in [-0.4, -0.2) is 58.0 Å². The average Bonchev–Trinajstić information content (AvgIpc) is 3.27. The lowest BCUT2D eigenvalue weighted by molar-refractivity contribution is 0.148. The fourth-order valence-electron chi connectivity index (χ4n) is 4.28. The summed E-state index contributed by atoms with van der Waals surface area (Å²) >= 11 is 0. The van der Waals surface area contributed by atoms with Gasteiger partial charge in [0, 0.05) is 38.4 Å². The minimum atomic E-state index is 0.0274. The van der Waals surface area contributed by atoms with Crippen molar-refractivity contribution in [2.45, 2.75) is 19.5 Å². The predicted octanol–water partition coefficient (Wildman–Crippen LogP) is 4.37. The molecule has 0 bridgehead atoms. The van der Waals surface area contributed by atoms with E-state index in [4.69, 9.17) is 5.32 Å².